The molecule has 1 aromatic rings. The van der Waals surface area contributed by atoms with E-state index in [-0.39, 0.29) is 6.10 Å². The molecule has 1 amide bonds. The van der Waals surface area contributed by atoms with Crippen molar-refractivity contribution in [1.29, 1.82) is 0 Å². The highest BCUT2D eigenvalue weighted by atomic mass is 16.5. The van der Waals surface area contributed by atoms with Crippen LogP contribution in [0, 0.1) is 5.92 Å². The summed E-state index contributed by atoms with van der Waals surface area (Å²) < 4.78 is 6.32. The second-order valence-electron chi connectivity index (χ2n) is 8.97. The number of amides is 1. The quantitative estimate of drug-likeness (QED) is 0.816. The van der Waals surface area contributed by atoms with Gasteiger partial charge >= 0.3 is 0 Å². The van der Waals surface area contributed by atoms with Crippen molar-refractivity contribution < 1.29 is 9.53 Å². The van der Waals surface area contributed by atoms with Crippen LogP contribution in [0.4, 0.5) is 0 Å². The van der Waals surface area contributed by atoms with Crippen LogP contribution in [0.5, 0.6) is 5.75 Å². The van der Waals surface area contributed by atoms with Gasteiger partial charge in [0.1, 0.15) is 11.9 Å². The first-order valence-electron chi connectivity index (χ1n) is 11.1. The maximum atomic E-state index is 12.2. The van der Waals surface area contributed by atoms with Gasteiger partial charge in [-0.05, 0) is 61.8 Å². The van der Waals surface area contributed by atoms with E-state index in [1.54, 1.807) is 0 Å². The van der Waals surface area contributed by atoms with Crippen LogP contribution in [0.2, 0.25) is 0 Å². The Morgan fingerprint density at radius 2 is 1.63 bits per heavy atom. The highest BCUT2D eigenvalue weighted by Crippen LogP contribution is 2.33. The van der Waals surface area contributed by atoms with Gasteiger partial charge in [-0.3, -0.25) is 9.69 Å². The van der Waals surface area contributed by atoms with Crippen LogP contribution in [0.3, 0.4) is 0 Å². The summed E-state index contributed by atoms with van der Waals surface area (Å²) in [4.78, 5) is 17.0. The summed E-state index contributed by atoms with van der Waals surface area (Å²) in [5, 5.41) is 0. The summed E-state index contributed by atoms with van der Waals surface area (Å²) in [6.45, 7) is 4.14. The summed E-state index contributed by atoms with van der Waals surface area (Å²) in [7, 11) is 0. The van der Waals surface area contributed by atoms with Crippen LogP contribution >= 0.6 is 0 Å². The fraction of sp³-hybridized carbons (Fsp3) is 0.696. The van der Waals surface area contributed by atoms with Gasteiger partial charge in [0.15, 0.2) is 0 Å². The summed E-state index contributed by atoms with van der Waals surface area (Å²) >= 11 is 0. The minimum atomic E-state index is 0.253. The van der Waals surface area contributed by atoms with E-state index in [2.05, 4.69) is 28.0 Å². The van der Waals surface area contributed by atoms with E-state index in [4.69, 9.17) is 4.74 Å². The third kappa shape index (κ3) is 3.87. The molecule has 4 nitrogen and oxygen atoms in total. The lowest BCUT2D eigenvalue weighted by molar-refractivity contribution is -0.134. The Labute approximate surface area is 162 Å². The first-order chi connectivity index (χ1) is 13.3. The molecule has 0 N–H and O–H groups in total. The molecule has 2 aliphatic carbocycles. The Morgan fingerprint density at radius 1 is 0.889 bits per heavy atom. The molecular weight excluding hydrogens is 336 g/mol. The van der Waals surface area contributed by atoms with Crippen LogP contribution in [-0.2, 0) is 17.6 Å². The molecule has 0 unspecified atom stereocenters. The van der Waals surface area contributed by atoms with Crippen LogP contribution in [0.15, 0.2) is 18.2 Å². The van der Waals surface area contributed by atoms with Gasteiger partial charge in [-0.1, -0.05) is 12.5 Å². The molecule has 0 bridgehead atoms. The lowest BCUT2D eigenvalue weighted by Crippen LogP contribution is -2.42. The van der Waals surface area contributed by atoms with Crippen LogP contribution in [0.1, 0.15) is 56.1 Å². The zero-order valence-corrected chi connectivity index (χ0v) is 16.4. The number of nitrogens with zero attached hydrogens (tertiary/aromatic N) is 2. The number of hydrogen-bond acceptors (Lipinski definition) is 3. The van der Waals surface area contributed by atoms with E-state index >= 15 is 0 Å². The van der Waals surface area contributed by atoms with Gasteiger partial charge in [0, 0.05) is 51.0 Å². The number of carbonyl (C=O) groups is 1. The van der Waals surface area contributed by atoms with E-state index in [0.29, 0.717) is 11.8 Å². The van der Waals surface area contributed by atoms with Gasteiger partial charge < -0.3 is 9.64 Å². The average molecular weight is 369 g/mol. The topological polar surface area (TPSA) is 32.8 Å². The fourth-order valence-electron chi connectivity index (χ4n) is 4.88. The molecule has 2 heterocycles. The second kappa shape index (κ2) is 7.46. The molecule has 0 aromatic heterocycles. The first kappa shape index (κ1) is 17.5. The highest BCUT2D eigenvalue weighted by Gasteiger charge is 2.35. The van der Waals surface area contributed by atoms with Crippen molar-refractivity contribution in [2.75, 3.05) is 26.2 Å². The molecule has 0 radical (unpaired) electrons. The molecule has 5 rings (SSSR count). The maximum Gasteiger partial charge on any atom is 0.225 e. The number of carbonyl (C=O) groups excluding carboxylic acids is 1. The smallest absolute Gasteiger partial charge is 0.225 e. The van der Waals surface area contributed by atoms with Crippen LogP contribution < -0.4 is 4.74 Å². The molecule has 1 saturated heterocycles. The fourth-order valence-corrected chi connectivity index (χ4v) is 4.88. The predicted molar refractivity (Wildman–Crippen MR) is 106 cm³/mol. The monoisotopic (exact) mass is 368 g/mol. The zero-order valence-electron chi connectivity index (χ0n) is 16.4. The van der Waals surface area contributed by atoms with Gasteiger partial charge in [-0.15, -0.1) is 0 Å². The summed E-state index contributed by atoms with van der Waals surface area (Å²) in [5.41, 5.74) is 2.99. The van der Waals surface area contributed by atoms with Crippen molar-refractivity contribution in [3.8, 4) is 5.75 Å². The average Bonchev–Trinajstić information content (AvgIpc) is 3.49. The molecule has 2 aliphatic heterocycles. The number of fused-ring (bicyclic) bond motifs is 1. The summed E-state index contributed by atoms with van der Waals surface area (Å²) in [5.74, 6) is 1.75. The largest absolute Gasteiger partial charge is 0.490 e. The van der Waals surface area contributed by atoms with Gasteiger partial charge in [-0.2, -0.15) is 0 Å². The van der Waals surface area contributed by atoms with Crippen LogP contribution in [-0.4, -0.2) is 54.0 Å². The lowest BCUT2D eigenvalue weighted by atomic mass is 9.91. The Balaban J connectivity index is 1.16. The number of hydrogen-bond donors (Lipinski definition) is 0. The van der Waals surface area contributed by atoms with Crippen molar-refractivity contribution >= 4 is 5.91 Å². The predicted octanol–water partition coefficient (Wildman–Crippen LogP) is 3.42. The molecule has 146 valence electrons. The van der Waals surface area contributed by atoms with Crippen molar-refractivity contribution in [2.24, 2.45) is 5.92 Å². The van der Waals surface area contributed by atoms with E-state index in [0.717, 1.165) is 57.0 Å². The number of rotatable bonds is 4. The number of likely N-dealkylation sites (tertiary alicyclic amines) is 1. The number of benzene rings is 1. The minimum Gasteiger partial charge on any atom is -0.490 e. The molecule has 4 aliphatic rings. The first-order valence-corrected chi connectivity index (χ1v) is 11.1. The Morgan fingerprint density at radius 3 is 2.30 bits per heavy atom. The minimum absolute atomic E-state index is 0.253. The van der Waals surface area contributed by atoms with Gasteiger partial charge in [0.2, 0.25) is 5.91 Å². The molecule has 4 heteroatoms. The van der Waals surface area contributed by atoms with Crippen molar-refractivity contribution in [3.05, 3.63) is 29.3 Å². The molecule has 27 heavy (non-hydrogen) atoms. The molecule has 3 fully saturated rings. The maximum absolute atomic E-state index is 12.2. The lowest BCUT2D eigenvalue weighted by Gasteiger charge is -2.36. The third-order valence-corrected chi connectivity index (χ3v) is 7.09. The highest BCUT2D eigenvalue weighted by molar-refractivity contribution is 5.81. The van der Waals surface area contributed by atoms with Crippen LogP contribution in [0.25, 0.3) is 0 Å². The number of piperidine rings is 1. The molecule has 1 aromatic carbocycles. The Kier molecular flexibility index (Phi) is 4.85. The second-order valence-corrected chi connectivity index (χ2v) is 8.97. The third-order valence-electron chi connectivity index (χ3n) is 7.09. The summed E-state index contributed by atoms with van der Waals surface area (Å²) in [6.07, 6.45) is 10.9. The number of ether oxygens (including phenoxy) is 1. The van der Waals surface area contributed by atoms with E-state index < -0.39 is 0 Å². The molecular formula is C23H32N2O2. The molecule has 0 spiro atoms. The van der Waals surface area contributed by atoms with E-state index in [9.17, 15) is 4.79 Å². The van der Waals surface area contributed by atoms with E-state index in [1.165, 1.54) is 49.9 Å². The van der Waals surface area contributed by atoms with Crippen molar-refractivity contribution in [3.63, 3.8) is 0 Å². The van der Waals surface area contributed by atoms with Crippen molar-refractivity contribution in [1.82, 2.24) is 9.80 Å². The SMILES string of the molecule is O=C(C1CC1)N1CCC(Oc2ccc3c(c2)CCN(C2CCC2)CC3)CC1. The molecule has 0 atom stereocenters. The standard InChI is InChI=1S/C23H32N2O2/c26-23(18-4-5-18)25-14-10-21(11-15-25)27-22-7-6-17-8-12-24(20-2-1-3-20)13-9-19(17)16-22/h6-7,16,18,20-21H,1-5,8-15H2. The molecule has 2 saturated carbocycles. The Hall–Kier alpha value is -1.55. The summed E-state index contributed by atoms with van der Waals surface area (Å²) in [6, 6.07) is 7.60. The van der Waals surface area contributed by atoms with Crippen molar-refractivity contribution in [2.45, 2.75) is 69.9 Å². The Bertz CT molecular complexity index is 688. The van der Waals surface area contributed by atoms with Gasteiger partial charge in [-0.25, -0.2) is 0 Å². The normalized spacial score (nSPS) is 24.8. The van der Waals surface area contributed by atoms with Gasteiger partial charge in [0.05, 0.1) is 0 Å². The zero-order chi connectivity index (χ0) is 18.2. The van der Waals surface area contributed by atoms with E-state index in [1.807, 2.05) is 0 Å². The van der Waals surface area contributed by atoms with Gasteiger partial charge in [0.25, 0.3) is 0 Å².